The Morgan fingerprint density at radius 2 is 1.86 bits per heavy atom. The number of carboxylic acids is 1. The van der Waals surface area contributed by atoms with Crippen molar-refractivity contribution in [3.8, 4) is 0 Å². The van der Waals surface area contributed by atoms with Gasteiger partial charge in [0.05, 0.1) is 0 Å². The Hall–Kier alpha value is -1.14. The molecule has 0 radical (unpaired) electrons. The van der Waals surface area contributed by atoms with Crippen molar-refractivity contribution in [2.75, 3.05) is 33.2 Å². The highest BCUT2D eigenvalue weighted by Gasteiger charge is 2.16. The van der Waals surface area contributed by atoms with Gasteiger partial charge in [0, 0.05) is 26.2 Å². The van der Waals surface area contributed by atoms with E-state index in [1.165, 1.54) is 0 Å². The highest BCUT2D eigenvalue weighted by atomic mass is 16.4. The number of aliphatic carboxylic acids is 1. The molecule has 6 heteroatoms. The van der Waals surface area contributed by atoms with Crippen molar-refractivity contribution in [2.45, 2.75) is 6.42 Å². The van der Waals surface area contributed by atoms with Gasteiger partial charge in [0.1, 0.15) is 6.42 Å². The molecule has 6 nitrogen and oxygen atoms in total. The largest absolute Gasteiger partial charge is 0.481 e. The number of nitrogens with one attached hydrogen (secondary N) is 1. The van der Waals surface area contributed by atoms with Crippen molar-refractivity contribution in [1.82, 2.24) is 15.3 Å². The van der Waals surface area contributed by atoms with E-state index in [-0.39, 0.29) is 0 Å². The number of hydrogen-bond donors (Lipinski definition) is 2. The predicted molar refractivity (Wildman–Crippen MR) is 49.5 cm³/mol. The van der Waals surface area contributed by atoms with Crippen LogP contribution in [0.2, 0.25) is 0 Å². The maximum absolute atomic E-state index is 11.1. The zero-order valence-corrected chi connectivity index (χ0v) is 8.19. The van der Waals surface area contributed by atoms with Gasteiger partial charge in [0.15, 0.2) is 0 Å². The standard InChI is InChI=1S/C8H15N3O3/c1-10-2-4-11(5-3-10)9-7(12)6-8(13)14/h2-6H2,1H3,(H,9,12)(H,13,14). The Labute approximate surface area is 82.4 Å². The molecule has 14 heavy (non-hydrogen) atoms. The SMILES string of the molecule is CN1CCN(NC(=O)CC(=O)O)CC1. The van der Waals surface area contributed by atoms with Crippen LogP contribution in [0.3, 0.4) is 0 Å². The number of amides is 1. The van der Waals surface area contributed by atoms with E-state index in [1.807, 2.05) is 7.05 Å². The number of nitrogens with zero attached hydrogens (tertiary/aromatic N) is 2. The highest BCUT2D eigenvalue weighted by Crippen LogP contribution is 1.95. The number of carbonyl (C=O) groups excluding carboxylic acids is 1. The maximum Gasteiger partial charge on any atom is 0.312 e. The van der Waals surface area contributed by atoms with Crippen LogP contribution in [0.15, 0.2) is 0 Å². The quantitative estimate of drug-likeness (QED) is 0.558. The molecule has 0 atom stereocenters. The van der Waals surface area contributed by atoms with E-state index < -0.39 is 18.3 Å². The topological polar surface area (TPSA) is 72.9 Å². The summed E-state index contributed by atoms with van der Waals surface area (Å²) in [5, 5.41) is 10.1. The molecule has 0 aliphatic carbocycles. The number of piperazine rings is 1. The predicted octanol–water partition coefficient (Wildman–Crippen LogP) is -1.26. The molecule has 1 fully saturated rings. The van der Waals surface area contributed by atoms with Gasteiger partial charge >= 0.3 is 5.97 Å². The molecule has 0 unspecified atom stereocenters. The van der Waals surface area contributed by atoms with Crippen LogP contribution >= 0.6 is 0 Å². The summed E-state index contributed by atoms with van der Waals surface area (Å²) in [5.74, 6) is -1.56. The van der Waals surface area contributed by atoms with Gasteiger partial charge in [0.2, 0.25) is 5.91 Å². The third-order valence-electron chi connectivity index (χ3n) is 2.10. The van der Waals surface area contributed by atoms with Crippen LogP contribution in [0, 0.1) is 0 Å². The number of rotatable bonds is 3. The minimum atomic E-state index is -1.10. The zero-order valence-electron chi connectivity index (χ0n) is 8.19. The van der Waals surface area contributed by atoms with Gasteiger partial charge in [-0.1, -0.05) is 0 Å². The van der Waals surface area contributed by atoms with Crippen LogP contribution in [0.25, 0.3) is 0 Å². The molecule has 2 N–H and O–H groups in total. The lowest BCUT2D eigenvalue weighted by atomic mass is 10.4. The molecule has 80 valence electrons. The van der Waals surface area contributed by atoms with E-state index >= 15 is 0 Å². The summed E-state index contributed by atoms with van der Waals surface area (Å²) in [4.78, 5) is 23.4. The third-order valence-corrected chi connectivity index (χ3v) is 2.10. The molecule has 1 saturated heterocycles. The van der Waals surface area contributed by atoms with Crippen molar-refractivity contribution in [2.24, 2.45) is 0 Å². The van der Waals surface area contributed by atoms with E-state index in [9.17, 15) is 9.59 Å². The van der Waals surface area contributed by atoms with Gasteiger partial charge in [-0.15, -0.1) is 0 Å². The van der Waals surface area contributed by atoms with E-state index in [2.05, 4.69) is 10.3 Å². The van der Waals surface area contributed by atoms with Gasteiger partial charge < -0.3 is 10.0 Å². The van der Waals surface area contributed by atoms with Gasteiger partial charge in [-0.05, 0) is 7.05 Å². The first kappa shape index (κ1) is 10.9. The summed E-state index contributed by atoms with van der Waals surface area (Å²) < 4.78 is 0. The smallest absolute Gasteiger partial charge is 0.312 e. The highest BCUT2D eigenvalue weighted by molar-refractivity contribution is 5.93. The minimum Gasteiger partial charge on any atom is -0.481 e. The van der Waals surface area contributed by atoms with Crippen LogP contribution in [-0.4, -0.2) is 60.1 Å². The summed E-state index contributed by atoms with van der Waals surface area (Å²) >= 11 is 0. The normalized spacial score (nSPS) is 19.2. The molecule has 0 aromatic rings. The van der Waals surface area contributed by atoms with Crippen LogP contribution < -0.4 is 5.43 Å². The summed E-state index contributed by atoms with van der Waals surface area (Å²) in [6.07, 6.45) is -0.466. The second-order valence-corrected chi connectivity index (χ2v) is 3.40. The zero-order chi connectivity index (χ0) is 10.6. The Morgan fingerprint density at radius 1 is 1.29 bits per heavy atom. The molecule has 1 heterocycles. The van der Waals surface area contributed by atoms with Crippen LogP contribution in [0.5, 0.6) is 0 Å². The van der Waals surface area contributed by atoms with E-state index in [1.54, 1.807) is 5.01 Å². The maximum atomic E-state index is 11.1. The van der Waals surface area contributed by atoms with Gasteiger partial charge in [0.25, 0.3) is 0 Å². The number of carbonyl (C=O) groups is 2. The average Bonchev–Trinajstić information content (AvgIpc) is 2.07. The summed E-state index contributed by atoms with van der Waals surface area (Å²) in [7, 11) is 2.01. The van der Waals surface area contributed by atoms with Crippen LogP contribution in [0.1, 0.15) is 6.42 Å². The van der Waals surface area contributed by atoms with Crippen molar-refractivity contribution in [3.05, 3.63) is 0 Å². The van der Waals surface area contributed by atoms with Gasteiger partial charge in [-0.25, -0.2) is 5.01 Å². The Bertz CT molecular complexity index is 224. The lowest BCUT2D eigenvalue weighted by Crippen LogP contribution is -2.52. The first-order valence-corrected chi connectivity index (χ1v) is 4.52. The van der Waals surface area contributed by atoms with Crippen molar-refractivity contribution in [3.63, 3.8) is 0 Å². The summed E-state index contributed by atoms with van der Waals surface area (Å²) in [6, 6.07) is 0. The summed E-state index contributed by atoms with van der Waals surface area (Å²) in [6.45, 7) is 3.24. The number of likely N-dealkylation sites (N-methyl/N-ethyl adjacent to an activating group) is 1. The fraction of sp³-hybridized carbons (Fsp3) is 0.750. The van der Waals surface area contributed by atoms with E-state index in [0.29, 0.717) is 0 Å². The fourth-order valence-electron chi connectivity index (χ4n) is 1.27. The average molecular weight is 201 g/mol. The number of hydrogen-bond acceptors (Lipinski definition) is 4. The number of carboxylic acid groups (broad SMARTS) is 1. The van der Waals surface area contributed by atoms with Gasteiger partial charge in [-0.3, -0.25) is 15.0 Å². The monoisotopic (exact) mass is 201 g/mol. The molecule has 0 saturated carbocycles. The fourth-order valence-corrected chi connectivity index (χ4v) is 1.27. The molecule has 0 aromatic carbocycles. The molecule has 1 rings (SSSR count). The summed E-state index contributed by atoms with van der Waals surface area (Å²) in [5.41, 5.74) is 2.56. The van der Waals surface area contributed by atoms with Crippen LogP contribution in [0.4, 0.5) is 0 Å². The Balaban J connectivity index is 2.24. The van der Waals surface area contributed by atoms with Crippen molar-refractivity contribution >= 4 is 11.9 Å². The van der Waals surface area contributed by atoms with Crippen LogP contribution in [-0.2, 0) is 9.59 Å². The second-order valence-electron chi connectivity index (χ2n) is 3.40. The molecule has 1 amide bonds. The first-order valence-electron chi connectivity index (χ1n) is 4.52. The lowest BCUT2D eigenvalue weighted by molar-refractivity contribution is -0.142. The molecular formula is C8H15N3O3. The molecule has 0 bridgehead atoms. The van der Waals surface area contributed by atoms with Gasteiger partial charge in [-0.2, -0.15) is 0 Å². The second kappa shape index (κ2) is 4.92. The van der Waals surface area contributed by atoms with Crippen molar-refractivity contribution in [1.29, 1.82) is 0 Å². The van der Waals surface area contributed by atoms with E-state index in [0.717, 1.165) is 26.2 Å². The molecular weight excluding hydrogens is 186 g/mol. The number of hydrazine groups is 1. The minimum absolute atomic E-state index is 0.456. The van der Waals surface area contributed by atoms with Crippen molar-refractivity contribution < 1.29 is 14.7 Å². The molecule has 1 aliphatic rings. The Kier molecular flexibility index (Phi) is 3.84. The molecule has 1 aliphatic heterocycles. The first-order chi connectivity index (χ1) is 6.58. The lowest BCUT2D eigenvalue weighted by Gasteiger charge is -2.32. The molecule has 0 spiro atoms. The molecule has 0 aromatic heterocycles. The third kappa shape index (κ3) is 3.71. The Morgan fingerprint density at radius 3 is 2.36 bits per heavy atom. The van der Waals surface area contributed by atoms with E-state index in [4.69, 9.17) is 5.11 Å².